The Morgan fingerprint density at radius 3 is 2.50 bits per heavy atom. The Morgan fingerprint density at radius 1 is 1.12 bits per heavy atom. The Labute approximate surface area is 139 Å². The van der Waals surface area contributed by atoms with E-state index in [4.69, 9.17) is 4.42 Å². The minimum absolute atomic E-state index is 0.0600. The zero-order chi connectivity index (χ0) is 17.3. The molecule has 3 rings (SSSR count). The molecule has 1 aromatic heterocycles. The van der Waals surface area contributed by atoms with E-state index in [9.17, 15) is 14.7 Å². The Kier molecular flexibility index (Phi) is 4.21. The predicted octanol–water partition coefficient (Wildman–Crippen LogP) is 3.92. The van der Waals surface area contributed by atoms with Crippen LogP contribution in [0.5, 0.6) is 5.75 Å². The molecule has 1 heterocycles. The van der Waals surface area contributed by atoms with Gasteiger partial charge in [-0.15, -0.1) is 0 Å². The summed E-state index contributed by atoms with van der Waals surface area (Å²) < 4.78 is 5.37. The highest BCUT2D eigenvalue weighted by molar-refractivity contribution is 5.85. The molecule has 0 radical (unpaired) electrons. The summed E-state index contributed by atoms with van der Waals surface area (Å²) in [7, 11) is 0. The maximum Gasteiger partial charge on any atom is 0.343 e. The average Bonchev–Trinajstić information content (AvgIpc) is 2.54. The van der Waals surface area contributed by atoms with E-state index in [0.717, 1.165) is 11.1 Å². The molecule has 0 amide bonds. The fourth-order valence-electron chi connectivity index (χ4n) is 3.09. The highest BCUT2D eigenvalue weighted by Gasteiger charge is 2.26. The number of ketones is 1. The lowest BCUT2D eigenvalue weighted by molar-refractivity contribution is -0.117. The van der Waals surface area contributed by atoms with Gasteiger partial charge in [0.05, 0.1) is 10.9 Å². The van der Waals surface area contributed by atoms with Crippen molar-refractivity contribution in [1.29, 1.82) is 0 Å². The van der Waals surface area contributed by atoms with E-state index < -0.39 is 11.5 Å². The van der Waals surface area contributed by atoms with E-state index in [1.54, 1.807) is 24.3 Å². The summed E-state index contributed by atoms with van der Waals surface area (Å²) in [6.07, 6.45) is 0.127. The second-order valence-electron chi connectivity index (χ2n) is 5.96. The van der Waals surface area contributed by atoms with Crippen molar-refractivity contribution < 1.29 is 14.3 Å². The van der Waals surface area contributed by atoms with E-state index in [-0.39, 0.29) is 23.5 Å². The van der Waals surface area contributed by atoms with Crippen LogP contribution in [0.1, 0.15) is 36.0 Å². The van der Waals surface area contributed by atoms with Gasteiger partial charge in [-0.25, -0.2) is 4.79 Å². The van der Waals surface area contributed by atoms with E-state index >= 15 is 0 Å². The molecule has 4 nitrogen and oxygen atoms in total. The normalized spacial score (nSPS) is 12.2. The van der Waals surface area contributed by atoms with Crippen molar-refractivity contribution in [1.82, 2.24) is 0 Å². The third-order valence-corrected chi connectivity index (χ3v) is 4.22. The molecule has 1 atom stereocenters. The van der Waals surface area contributed by atoms with Gasteiger partial charge in [-0.2, -0.15) is 0 Å². The highest BCUT2D eigenvalue weighted by Crippen LogP contribution is 2.37. The average molecular weight is 322 g/mol. The van der Waals surface area contributed by atoms with E-state index in [2.05, 4.69) is 0 Å². The summed E-state index contributed by atoms with van der Waals surface area (Å²) in [4.78, 5) is 24.3. The zero-order valence-corrected chi connectivity index (χ0v) is 13.6. The molecule has 122 valence electrons. The molecule has 0 fully saturated rings. The number of carbonyl (C=O) groups is 1. The molecule has 0 aliphatic heterocycles. The van der Waals surface area contributed by atoms with Crippen LogP contribution in [0.3, 0.4) is 0 Å². The summed E-state index contributed by atoms with van der Waals surface area (Å²) in [6, 6.07) is 14.4. The molecule has 3 aromatic rings. The third kappa shape index (κ3) is 2.83. The maximum absolute atomic E-state index is 12.5. The van der Waals surface area contributed by atoms with Gasteiger partial charge in [0.25, 0.3) is 0 Å². The lowest BCUT2D eigenvalue weighted by Crippen LogP contribution is -2.17. The standard InChI is InChI=1S/C20H18O4/c1-12-7-3-4-8-14(12)16(11-13(2)21)18-19(22)15-9-5-6-10-17(15)24-20(18)23/h3-10,16,22H,11H2,1-2H3/t16-/m1/s1. The fraction of sp³-hybridized carbons (Fsp3) is 0.200. The number of aryl methyl sites for hydroxylation is 1. The van der Waals surface area contributed by atoms with Crippen LogP contribution in [0, 0.1) is 6.92 Å². The molecule has 0 unspecified atom stereocenters. The first kappa shape index (κ1) is 16.0. The zero-order valence-electron chi connectivity index (χ0n) is 13.6. The number of hydrogen-bond donors (Lipinski definition) is 1. The molecule has 1 N–H and O–H groups in total. The van der Waals surface area contributed by atoms with Crippen LogP contribution < -0.4 is 5.63 Å². The number of Topliss-reactive ketones (excluding diaryl/α,β-unsaturated/α-hetero) is 1. The van der Waals surface area contributed by atoms with Crippen LogP contribution in [0.25, 0.3) is 11.0 Å². The van der Waals surface area contributed by atoms with Crippen LogP contribution in [0.15, 0.2) is 57.7 Å². The molecule has 0 aliphatic carbocycles. The summed E-state index contributed by atoms with van der Waals surface area (Å²) in [6.45, 7) is 3.40. The van der Waals surface area contributed by atoms with Crippen LogP contribution in [-0.4, -0.2) is 10.9 Å². The van der Waals surface area contributed by atoms with Crippen molar-refractivity contribution in [2.75, 3.05) is 0 Å². The number of fused-ring (bicyclic) bond motifs is 1. The van der Waals surface area contributed by atoms with Gasteiger partial charge < -0.3 is 9.52 Å². The second-order valence-corrected chi connectivity index (χ2v) is 5.96. The van der Waals surface area contributed by atoms with Gasteiger partial charge in [-0.05, 0) is 37.1 Å². The van der Waals surface area contributed by atoms with Crippen molar-refractivity contribution in [2.24, 2.45) is 0 Å². The van der Waals surface area contributed by atoms with E-state index in [1.807, 2.05) is 31.2 Å². The van der Waals surface area contributed by atoms with Crippen LogP contribution in [0.2, 0.25) is 0 Å². The summed E-state index contributed by atoms with van der Waals surface area (Å²) in [5.74, 6) is -0.712. The van der Waals surface area contributed by atoms with Crippen molar-refractivity contribution in [3.63, 3.8) is 0 Å². The van der Waals surface area contributed by atoms with E-state index in [1.165, 1.54) is 6.92 Å². The van der Waals surface area contributed by atoms with Crippen molar-refractivity contribution in [3.05, 3.63) is 75.6 Å². The lowest BCUT2D eigenvalue weighted by Gasteiger charge is -2.19. The molecular formula is C20H18O4. The van der Waals surface area contributed by atoms with Gasteiger partial charge in [-0.3, -0.25) is 4.79 Å². The first-order valence-corrected chi connectivity index (χ1v) is 7.78. The monoisotopic (exact) mass is 322 g/mol. The summed E-state index contributed by atoms with van der Waals surface area (Å²) >= 11 is 0. The van der Waals surface area contributed by atoms with Gasteiger partial charge in [0.1, 0.15) is 17.1 Å². The minimum Gasteiger partial charge on any atom is -0.507 e. The van der Waals surface area contributed by atoms with Crippen molar-refractivity contribution in [3.8, 4) is 5.75 Å². The second kappa shape index (κ2) is 6.32. The smallest absolute Gasteiger partial charge is 0.343 e. The number of para-hydroxylation sites is 1. The Hall–Kier alpha value is -2.88. The quantitative estimate of drug-likeness (QED) is 0.739. The van der Waals surface area contributed by atoms with Crippen molar-refractivity contribution in [2.45, 2.75) is 26.2 Å². The number of aromatic hydroxyl groups is 1. The molecule has 2 aromatic carbocycles. The SMILES string of the molecule is CC(=O)C[C@H](c1ccccc1C)c1c(O)c2ccccc2oc1=O. The van der Waals surface area contributed by atoms with Gasteiger partial charge in [0, 0.05) is 12.3 Å². The fourth-order valence-corrected chi connectivity index (χ4v) is 3.09. The highest BCUT2D eigenvalue weighted by atomic mass is 16.4. The largest absolute Gasteiger partial charge is 0.507 e. The van der Waals surface area contributed by atoms with Crippen molar-refractivity contribution >= 4 is 16.8 Å². The van der Waals surface area contributed by atoms with Gasteiger partial charge in [0.15, 0.2) is 0 Å². The molecule has 0 aliphatic rings. The lowest BCUT2D eigenvalue weighted by atomic mass is 9.85. The topological polar surface area (TPSA) is 67.5 Å². The molecule has 4 heteroatoms. The Morgan fingerprint density at radius 2 is 1.79 bits per heavy atom. The van der Waals surface area contributed by atoms with Gasteiger partial charge in [0.2, 0.25) is 0 Å². The Balaban J connectivity index is 2.29. The summed E-state index contributed by atoms with van der Waals surface area (Å²) in [5, 5.41) is 11.2. The minimum atomic E-state index is -0.610. The summed E-state index contributed by atoms with van der Waals surface area (Å²) in [5.41, 5.74) is 1.65. The Bertz CT molecular complexity index is 969. The van der Waals surface area contributed by atoms with Gasteiger partial charge in [-0.1, -0.05) is 36.4 Å². The molecule has 0 saturated carbocycles. The first-order valence-electron chi connectivity index (χ1n) is 7.78. The van der Waals surface area contributed by atoms with Gasteiger partial charge >= 0.3 is 5.63 Å². The molecule has 0 bridgehead atoms. The number of hydrogen-bond acceptors (Lipinski definition) is 4. The molecule has 0 saturated heterocycles. The molecule has 0 spiro atoms. The predicted molar refractivity (Wildman–Crippen MR) is 92.5 cm³/mol. The maximum atomic E-state index is 12.5. The number of benzene rings is 2. The van der Waals surface area contributed by atoms with Crippen LogP contribution >= 0.6 is 0 Å². The molecular weight excluding hydrogens is 304 g/mol. The molecule has 24 heavy (non-hydrogen) atoms. The number of rotatable bonds is 4. The van der Waals surface area contributed by atoms with Crippen LogP contribution in [-0.2, 0) is 4.79 Å². The van der Waals surface area contributed by atoms with Crippen LogP contribution in [0.4, 0.5) is 0 Å². The first-order chi connectivity index (χ1) is 11.5. The number of carbonyl (C=O) groups excluding carboxylic acids is 1. The van der Waals surface area contributed by atoms with E-state index in [0.29, 0.717) is 11.0 Å². The third-order valence-electron chi connectivity index (χ3n) is 4.22.